The van der Waals surface area contributed by atoms with E-state index in [0.717, 1.165) is 0 Å². The van der Waals surface area contributed by atoms with Crippen molar-refractivity contribution in [2.45, 2.75) is 13.3 Å². The number of hydrogen-bond donors (Lipinski definition) is 2. The molecule has 0 unspecified atom stereocenters. The van der Waals surface area contributed by atoms with Crippen molar-refractivity contribution < 1.29 is 19.4 Å². The van der Waals surface area contributed by atoms with E-state index < -0.39 is 5.97 Å². The third kappa shape index (κ3) is 4.37. The molecule has 0 aliphatic heterocycles. The highest BCUT2D eigenvalue weighted by Crippen LogP contribution is 2.15. The van der Waals surface area contributed by atoms with Crippen molar-refractivity contribution in [3.8, 4) is 0 Å². The van der Waals surface area contributed by atoms with Gasteiger partial charge >= 0.3 is 5.97 Å². The second-order valence-electron chi connectivity index (χ2n) is 2.90. The number of nitrogens with one attached hydrogen (secondary N) is 1. The minimum Gasteiger partial charge on any atom is -0.481 e. The number of hydrogen-bond acceptors (Lipinski definition) is 5. The van der Waals surface area contributed by atoms with Gasteiger partial charge in [0.1, 0.15) is 6.61 Å². The van der Waals surface area contributed by atoms with Gasteiger partial charge in [0.05, 0.1) is 12.1 Å². The Morgan fingerprint density at radius 3 is 3.00 bits per heavy atom. The molecule has 1 aromatic heterocycles. The van der Waals surface area contributed by atoms with E-state index >= 15 is 0 Å². The monoisotopic (exact) mass is 244 g/mol. The Morgan fingerprint density at radius 2 is 2.38 bits per heavy atom. The molecule has 1 amide bonds. The van der Waals surface area contributed by atoms with Crippen molar-refractivity contribution in [3.63, 3.8) is 0 Å². The predicted molar refractivity (Wildman–Crippen MR) is 58.6 cm³/mol. The van der Waals surface area contributed by atoms with Gasteiger partial charge in [-0.05, 0) is 6.92 Å². The molecule has 7 heteroatoms. The highest BCUT2D eigenvalue weighted by Gasteiger charge is 2.08. The normalized spacial score (nSPS) is 10.1. The molecule has 0 saturated heterocycles. The van der Waals surface area contributed by atoms with Crippen LogP contribution in [0.15, 0.2) is 5.38 Å². The molecule has 0 atom stereocenters. The van der Waals surface area contributed by atoms with Crippen LogP contribution in [0.1, 0.15) is 12.6 Å². The topological polar surface area (TPSA) is 88.5 Å². The molecular formula is C9H12N2O4S. The fraction of sp³-hybridized carbons (Fsp3) is 0.444. The number of aromatic nitrogens is 1. The van der Waals surface area contributed by atoms with Gasteiger partial charge in [0.25, 0.3) is 5.91 Å². The summed E-state index contributed by atoms with van der Waals surface area (Å²) in [5, 5.41) is 13.0. The number of rotatable bonds is 6. The average molecular weight is 244 g/mol. The molecule has 0 spiro atoms. The third-order valence-corrected chi connectivity index (χ3v) is 2.37. The first-order valence-corrected chi connectivity index (χ1v) is 5.53. The number of carboxylic acid groups (broad SMARTS) is 1. The van der Waals surface area contributed by atoms with Gasteiger partial charge < -0.3 is 9.84 Å². The van der Waals surface area contributed by atoms with E-state index in [2.05, 4.69) is 10.3 Å². The summed E-state index contributed by atoms with van der Waals surface area (Å²) in [4.78, 5) is 25.6. The summed E-state index contributed by atoms with van der Waals surface area (Å²) in [5.41, 5.74) is 0.434. The van der Waals surface area contributed by atoms with Crippen LogP contribution in [0.5, 0.6) is 0 Å². The Labute approximate surface area is 96.3 Å². The van der Waals surface area contributed by atoms with Crippen molar-refractivity contribution in [3.05, 3.63) is 11.1 Å². The van der Waals surface area contributed by atoms with Gasteiger partial charge in [-0.15, -0.1) is 11.3 Å². The average Bonchev–Trinajstić information content (AvgIpc) is 2.61. The number of anilines is 1. The van der Waals surface area contributed by atoms with Gasteiger partial charge in [0, 0.05) is 12.0 Å². The molecule has 1 rings (SSSR count). The first-order valence-electron chi connectivity index (χ1n) is 4.65. The second kappa shape index (κ2) is 6.19. The number of ether oxygens (including phenoxy) is 1. The fourth-order valence-electron chi connectivity index (χ4n) is 0.951. The number of carbonyl (C=O) groups excluding carboxylic acids is 1. The van der Waals surface area contributed by atoms with Crippen LogP contribution in [0, 0.1) is 0 Å². The molecule has 6 nitrogen and oxygen atoms in total. The summed E-state index contributed by atoms with van der Waals surface area (Å²) >= 11 is 1.19. The van der Waals surface area contributed by atoms with E-state index in [-0.39, 0.29) is 18.9 Å². The van der Waals surface area contributed by atoms with Crippen LogP contribution in [0.25, 0.3) is 0 Å². The van der Waals surface area contributed by atoms with E-state index in [1.807, 2.05) is 0 Å². The summed E-state index contributed by atoms with van der Waals surface area (Å²) in [6.07, 6.45) is -0.141. The largest absolute Gasteiger partial charge is 0.481 e. The molecule has 1 heterocycles. The van der Waals surface area contributed by atoms with Gasteiger partial charge in [-0.2, -0.15) is 0 Å². The van der Waals surface area contributed by atoms with Crippen molar-refractivity contribution in [2.75, 3.05) is 18.5 Å². The lowest BCUT2D eigenvalue weighted by molar-refractivity contribution is -0.136. The van der Waals surface area contributed by atoms with E-state index in [4.69, 9.17) is 9.84 Å². The summed E-state index contributed by atoms with van der Waals surface area (Å²) in [6.45, 7) is 2.24. The summed E-state index contributed by atoms with van der Waals surface area (Å²) < 4.78 is 4.91. The number of aliphatic carboxylic acids is 1. The van der Waals surface area contributed by atoms with Crippen LogP contribution >= 0.6 is 11.3 Å². The highest BCUT2D eigenvalue weighted by atomic mass is 32.1. The van der Waals surface area contributed by atoms with E-state index in [1.165, 1.54) is 11.3 Å². The first kappa shape index (κ1) is 12.6. The van der Waals surface area contributed by atoms with Gasteiger partial charge in [-0.1, -0.05) is 0 Å². The Morgan fingerprint density at radius 1 is 1.62 bits per heavy atom. The minimum atomic E-state index is -0.947. The van der Waals surface area contributed by atoms with Crippen LogP contribution < -0.4 is 5.32 Å². The van der Waals surface area contributed by atoms with Crippen LogP contribution in [-0.4, -0.2) is 35.2 Å². The van der Waals surface area contributed by atoms with Crippen molar-refractivity contribution >= 4 is 28.3 Å². The Hall–Kier alpha value is -1.47. The maximum absolute atomic E-state index is 11.2. The van der Waals surface area contributed by atoms with Crippen molar-refractivity contribution in [2.24, 2.45) is 0 Å². The zero-order chi connectivity index (χ0) is 12.0. The molecule has 0 fully saturated rings. The first-order chi connectivity index (χ1) is 7.61. The van der Waals surface area contributed by atoms with E-state index in [9.17, 15) is 9.59 Å². The molecule has 2 N–H and O–H groups in total. The van der Waals surface area contributed by atoms with Gasteiger partial charge in [0.15, 0.2) is 5.13 Å². The number of nitrogens with zero attached hydrogens (tertiary/aromatic N) is 1. The lowest BCUT2D eigenvalue weighted by Gasteiger charge is -2.00. The zero-order valence-corrected chi connectivity index (χ0v) is 9.54. The quantitative estimate of drug-likeness (QED) is 0.770. The van der Waals surface area contributed by atoms with Crippen LogP contribution in [0.4, 0.5) is 5.13 Å². The van der Waals surface area contributed by atoms with Crippen molar-refractivity contribution in [1.29, 1.82) is 0 Å². The lowest BCUT2D eigenvalue weighted by Crippen LogP contribution is -2.18. The highest BCUT2D eigenvalue weighted by molar-refractivity contribution is 7.13. The molecule has 1 aromatic rings. The molecule has 88 valence electrons. The summed E-state index contributed by atoms with van der Waals surface area (Å²) in [6, 6.07) is 0. The minimum absolute atomic E-state index is 0.0235. The Bertz CT molecular complexity index is 377. The SMILES string of the molecule is CCOCC(=O)Nc1nc(CC(=O)O)cs1. The Kier molecular flexibility index (Phi) is 4.87. The number of thiazole rings is 1. The predicted octanol–water partition coefficient (Wildman–Crippen LogP) is 0.745. The summed E-state index contributed by atoms with van der Waals surface area (Å²) in [5.74, 6) is -1.24. The van der Waals surface area contributed by atoms with E-state index in [1.54, 1.807) is 12.3 Å². The molecule has 0 aliphatic carbocycles. The molecule has 0 saturated carbocycles. The van der Waals surface area contributed by atoms with Gasteiger partial charge in [-0.25, -0.2) is 4.98 Å². The number of carbonyl (C=O) groups is 2. The summed E-state index contributed by atoms with van der Waals surface area (Å²) in [7, 11) is 0. The molecule has 0 bridgehead atoms. The van der Waals surface area contributed by atoms with Crippen molar-refractivity contribution in [1.82, 2.24) is 4.98 Å². The molecule has 0 aromatic carbocycles. The maximum Gasteiger partial charge on any atom is 0.309 e. The van der Waals surface area contributed by atoms with Crippen LogP contribution in [-0.2, 0) is 20.7 Å². The Balaban J connectivity index is 2.45. The molecule has 0 aliphatic rings. The second-order valence-corrected chi connectivity index (χ2v) is 3.76. The van der Waals surface area contributed by atoms with Crippen LogP contribution in [0.3, 0.4) is 0 Å². The molecule has 16 heavy (non-hydrogen) atoms. The van der Waals surface area contributed by atoms with Gasteiger partial charge in [-0.3, -0.25) is 14.9 Å². The molecular weight excluding hydrogens is 232 g/mol. The smallest absolute Gasteiger partial charge is 0.309 e. The fourth-order valence-corrected chi connectivity index (χ4v) is 1.68. The zero-order valence-electron chi connectivity index (χ0n) is 8.73. The lowest BCUT2D eigenvalue weighted by atomic mass is 10.3. The van der Waals surface area contributed by atoms with Gasteiger partial charge in [0.2, 0.25) is 0 Å². The standard InChI is InChI=1S/C9H12N2O4S/c1-2-15-4-7(12)11-9-10-6(5-16-9)3-8(13)14/h5H,2-4H2,1H3,(H,13,14)(H,10,11,12). The molecule has 0 radical (unpaired) electrons. The third-order valence-electron chi connectivity index (χ3n) is 1.57. The maximum atomic E-state index is 11.2. The van der Waals surface area contributed by atoms with E-state index in [0.29, 0.717) is 17.4 Å². The number of amides is 1. The van der Waals surface area contributed by atoms with Crippen LogP contribution in [0.2, 0.25) is 0 Å². The number of carboxylic acids is 1.